The number of aliphatic hydroxyl groups is 1. The van der Waals surface area contributed by atoms with E-state index in [9.17, 15) is 14.4 Å². The van der Waals surface area contributed by atoms with E-state index in [1.54, 1.807) is 38.1 Å². The van der Waals surface area contributed by atoms with Crippen molar-refractivity contribution in [2.75, 3.05) is 18.5 Å². The van der Waals surface area contributed by atoms with Gasteiger partial charge in [0.05, 0.1) is 17.9 Å². The molecule has 2 aromatic rings. The number of aromatic amines is 1. The lowest BCUT2D eigenvalue weighted by Crippen LogP contribution is -2.26. The van der Waals surface area contributed by atoms with Crippen molar-refractivity contribution in [3.63, 3.8) is 0 Å². The van der Waals surface area contributed by atoms with Crippen molar-refractivity contribution in [1.29, 1.82) is 0 Å². The molecule has 0 aliphatic rings. The molecule has 1 heterocycles. The van der Waals surface area contributed by atoms with E-state index in [1.807, 2.05) is 0 Å². The second kappa shape index (κ2) is 8.64. The molecular weight excluding hydrogens is 348 g/mol. The van der Waals surface area contributed by atoms with Gasteiger partial charge in [0.15, 0.2) is 11.9 Å². The second-order valence-corrected chi connectivity index (χ2v) is 6.29. The predicted molar refractivity (Wildman–Crippen MR) is 101 cm³/mol. The molecule has 0 aliphatic heterocycles. The maximum Gasteiger partial charge on any atom is 0.340 e. The standard InChI is InChI=1S/C20H24N2O5/c1-11-17(13(3)24)12(2)22-18(11)19(25)14(4)27-20(26)15-7-5-6-8-16(15)21-9-10-23/h5-8,14,21-23H,9-10H2,1-4H3. The van der Waals surface area contributed by atoms with Gasteiger partial charge >= 0.3 is 5.97 Å². The Kier molecular flexibility index (Phi) is 6.52. The van der Waals surface area contributed by atoms with Gasteiger partial charge in [-0.2, -0.15) is 0 Å². The quantitative estimate of drug-likeness (QED) is 0.486. The molecule has 7 nitrogen and oxygen atoms in total. The number of rotatable bonds is 8. The number of aromatic nitrogens is 1. The van der Waals surface area contributed by atoms with Crippen molar-refractivity contribution in [1.82, 2.24) is 4.98 Å². The molecule has 144 valence electrons. The summed E-state index contributed by atoms with van der Waals surface area (Å²) in [6.07, 6.45) is -1.03. The number of ether oxygens (including phenoxy) is 1. The average molecular weight is 372 g/mol. The maximum atomic E-state index is 12.7. The number of Topliss-reactive ketones (excluding diaryl/α,β-unsaturated/α-hetero) is 2. The molecular formula is C20H24N2O5. The summed E-state index contributed by atoms with van der Waals surface area (Å²) in [7, 11) is 0. The number of hydrogen-bond donors (Lipinski definition) is 3. The summed E-state index contributed by atoms with van der Waals surface area (Å²) < 4.78 is 5.34. The van der Waals surface area contributed by atoms with Gasteiger partial charge in [-0.3, -0.25) is 9.59 Å². The Balaban J connectivity index is 2.19. The van der Waals surface area contributed by atoms with E-state index in [4.69, 9.17) is 9.84 Å². The second-order valence-electron chi connectivity index (χ2n) is 6.29. The van der Waals surface area contributed by atoms with E-state index in [0.717, 1.165) is 0 Å². The predicted octanol–water partition coefficient (Wildman–Crippen LogP) is 2.67. The zero-order valence-corrected chi connectivity index (χ0v) is 15.9. The first-order valence-corrected chi connectivity index (χ1v) is 8.67. The number of anilines is 1. The lowest BCUT2D eigenvalue weighted by Gasteiger charge is -2.15. The van der Waals surface area contributed by atoms with Crippen LogP contribution in [-0.2, 0) is 4.74 Å². The van der Waals surface area contributed by atoms with Crippen LogP contribution in [0.15, 0.2) is 24.3 Å². The van der Waals surface area contributed by atoms with Crippen molar-refractivity contribution in [3.8, 4) is 0 Å². The average Bonchev–Trinajstić information content (AvgIpc) is 2.93. The van der Waals surface area contributed by atoms with Crippen LogP contribution in [0.4, 0.5) is 5.69 Å². The van der Waals surface area contributed by atoms with Crippen LogP contribution < -0.4 is 5.32 Å². The van der Waals surface area contributed by atoms with Crippen LogP contribution in [0.5, 0.6) is 0 Å². The molecule has 0 saturated heterocycles. The van der Waals surface area contributed by atoms with E-state index in [0.29, 0.717) is 22.5 Å². The highest BCUT2D eigenvalue weighted by atomic mass is 16.5. The van der Waals surface area contributed by atoms with Crippen LogP contribution in [-0.4, -0.2) is 46.9 Å². The van der Waals surface area contributed by atoms with Crippen LogP contribution in [0.3, 0.4) is 0 Å². The van der Waals surface area contributed by atoms with Crippen LogP contribution in [0.2, 0.25) is 0 Å². The monoisotopic (exact) mass is 372 g/mol. The fourth-order valence-corrected chi connectivity index (χ4v) is 3.01. The first-order valence-electron chi connectivity index (χ1n) is 8.67. The summed E-state index contributed by atoms with van der Waals surface area (Å²) in [4.78, 5) is 39.9. The maximum absolute atomic E-state index is 12.7. The summed E-state index contributed by atoms with van der Waals surface area (Å²) in [6.45, 7) is 6.55. The smallest absolute Gasteiger partial charge is 0.340 e. The Morgan fingerprint density at radius 3 is 2.48 bits per heavy atom. The van der Waals surface area contributed by atoms with E-state index >= 15 is 0 Å². The van der Waals surface area contributed by atoms with Gasteiger partial charge in [-0.15, -0.1) is 0 Å². The van der Waals surface area contributed by atoms with Gasteiger partial charge in [0, 0.05) is 23.5 Å². The van der Waals surface area contributed by atoms with Crippen molar-refractivity contribution in [2.45, 2.75) is 33.8 Å². The third-order valence-corrected chi connectivity index (χ3v) is 4.26. The molecule has 0 fully saturated rings. The van der Waals surface area contributed by atoms with Crippen molar-refractivity contribution in [2.24, 2.45) is 0 Å². The summed E-state index contributed by atoms with van der Waals surface area (Å²) in [6, 6.07) is 6.71. The van der Waals surface area contributed by atoms with Crippen LogP contribution in [0.25, 0.3) is 0 Å². The minimum atomic E-state index is -1.03. The molecule has 0 spiro atoms. The largest absolute Gasteiger partial charge is 0.451 e. The van der Waals surface area contributed by atoms with Crippen LogP contribution in [0.1, 0.15) is 56.3 Å². The molecule has 1 aromatic heterocycles. The van der Waals surface area contributed by atoms with Crippen molar-refractivity contribution < 1.29 is 24.2 Å². The Hall–Kier alpha value is -2.93. The Bertz CT molecular complexity index is 869. The lowest BCUT2D eigenvalue weighted by molar-refractivity contribution is 0.0317. The number of para-hydroxylation sites is 1. The van der Waals surface area contributed by atoms with Crippen LogP contribution in [0, 0.1) is 13.8 Å². The highest BCUT2D eigenvalue weighted by Gasteiger charge is 2.26. The number of H-pyrrole nitrogens is 1. The van der Waals surface area contributed by atoms with Gasteiger partial charge in [0.1, 0.15) is 0 Å². The number of benzene rings is 1. The molecule has 1 unspecified atom stereocenters. The highest BCUT2D eigenvalue weighted by molar-refractivity contribution is 6.06. The number of carbonyl (C=O) groups is 3. The fraction of sp³-hybridized carbons (Fsp3) is 0.350. The number of hydrogen-bond acceptors (Lipinski definition) is 6. The van der Waals surface area contributed by atoms with Crippen LogP contribution >= 0.6 is 0 Å². The van der Waals surface area contributed by atoms with Gasteiger partial charge in [-0.05, 0) is 45.4 Å². The molecule has 0 radical (unpaired) electrons. The van der Waals surface area contributed by atoms with Gasteiger partial charge in [0.25, 0.3) is 0 Å². The molecule has 7 heteroatoms. The minimum absolute atomic E-state index is 0.0811. The molecule has 0 amide bonds. The summed E-state index contributed by atoms with van der Waals surface area (Å²) in [5.41, 5.74) is 2.70. The topological polar surface area (TPSA) is 108 Å². The zero-order chi connectivity index (χ0) is 20.1. The van der Waals surface area contributed by atoms with E-state index < -0.39 is 17.9 Å². The Morgan fingerprint density at radius 1 is 1.22 bits per heavy atom. The number of carbonyl (C=O) groups excluding carboxylic acids is 3. The van der Waals surface area contributed by atoms with Gasteiger partial charge in [0.2, 0.25) is 5.78 Å². The third-order valence-electron chi connectivity index (χ3n) is 4.26. The number of nitrogens with one attached hydrogen (secondary N) is 2. The third kappa shape index (κ3) is 4.43. The van der Waals surface area contributed by atoms with Gasteiger partial charge < -0.3 is 20.1 Å². The Labute approximate surface area is 157 Å². The lowest BCUT2D eigenvalue weighted by atomic mass is 10.0. The van der Waals surface area contributed by atoms with Crippen molar-refractivity contribution >= 4 is 23.2 Å². The molecule has 0 saturated carbocycles. The summed E-state index contributed by atoms with van der Waals surface area (Å²) in [5, 5.41) is 11.9. The first kappa shape index (κ1) is 20.4. The molecule has 0 bridgehead atoms. The first-order chi connectivity index (χ1) is 12.8. The fourth-order valence-electron chi connectivity index (χ4n) is 3.01. The van der Waals surface area contributed by atoms with Gasteiger partial charge in [-0.1, -0.05) is 12.1 Å². The molecule has 0 aliphatic carbocycles. The molecule has 27 heavy (non-hydrogen) atoms. The number of ketones is 2. The van der Waals surface area contributed by atoms with Gasteiger partial charge in [-0.25, -0.2) is 4.79 Å². The number of esters is 1. The summed E-state index contributed by atoms with van der Waals surface area (Å²) >= 11 is 0. The molecule has 1 aromatic carbocycles. The minimum Gasteiger partial charge on any atom is -0.451 e. The number of aliphatic hydroxyl groups excluding tert-OH is 1. The molecule has 2 rings (SSSR count). The summed E-state index contributed by atoms with van der Waals surface area (Å²) in [5.74, 6) is -1.18. The molecule has 1 atom stereocenters. The van der Waals surface area contributed by atoms with E-state index in [1.165, 1.54) is 13.8 Å². The van der Waals surface area contributed by atoms with Crippen molar-refractivity contribution in [3.05, 3.63) is 52.3 Å². The highest BCUT2D eigenvalue weighted by Crippen LogP contribution is 2.22. The number of aryl methyl sites for hydroxylation is 1. The normalized spacial score (nSPS) is 11.7. The van der Waals surface area contributed by atoms with E-state index in [-0.39, 0.29) is 30.2 Å². The molecule has 3 N–H and O–H groups in total. The SMILES string of the molecule is CC(=O)c1c(C)[nH]c(C(=O)C(C)OC(=O)c2ccccc2NCCO)c1C. The zero-order valence-electron chi connectivity index (χ0n) is 15.9. The van der Waals surface area contributed by atoms with E-state index in [2.05, 4.69) is 10.3 Å². The Morgan fingerprint density at radius 2 is 1.89 bits per heavy atom.